The summed E-state index contributed by atoms with van der Waals surface area (Å²) in [5, 5.41) is 20.9. The monoisotopic (exact) mass is 459 g/mol. The molecule has 12 heteroatoms. The van der Waals surface area contributed by atoms with E-state index in [1.165, 1.54) is 17.7 Å². The zero-order chi connectivity index (χ0) is 22.1. The predicted octanol–water partition coefficient (Wildman–Crippen LogP) is 3.61. The lowest BCUT2D eigenvalue weighted by Crippen LogP contribution is -2.23. The Labute approximate surface area is 185 Å². The summed E-state index contributed by atoms with van der Waals surface area (Å²) in [5.74, 6) is 0.717. The number of nitro groups is 1. The van der Waals surface area contributed by atoms with Gasteiger partial charge in [0, 0.05) is 18.5 Å². The number of thiophene rings is 1. The number of fused-ring (bicyclic) bond motifs is 3. The molecule has 0 unspecified atom stereocenters. The zero-order valence-corrected chi connectivity index (χ0v) is 19.2. The van der Waals surface area contributed by atoms with Crippen molar-refractivity contribution in [1.29, 1.82) is 0 Å². The van der Waals surface area contributed by atoms with Crippen LogP contribution in [0.5, 0.6) is 0 Å². The second-order valence-electron chi connectivity index (χ2n) is 8.90. The second kappa shape index (κ2) is 6.89. The van der Waals surface area contributed by atoms with Crippen LogP contribution in [0.25, 0.3) is 16.0 Å². The number of aromatic nitrogens is 6. The molecule has 0 spiro atoms. The summed E-state index contributed by atoms with van der Waals surface area (Å²) in [4.78, 5) is 29.2. The lowest BCUT2D eigenvalue weighted by atomic mass is 9.95. The number of hydrogen-bond donors (Lipinski definition) is 0. The van der Waals surface area contributed by atoms with Gasteiger partial charge in [0.2, 0.25) is 17.3 Å². The topological polar surface area (TPSA) is 113 Å². The highest BCUT2D eigenvalue weighted by atomic mass is 32.2. The lowest BCUT2D eigenvalue weighted by Gasteiger charge is -2.14. The van der Waals surface area contributed by atoms with Gasteiger partial charge in [0.1, 0.15) is 4.70 Å². The number of nitrogens with zero attached hydrogens (tertiary/aromatic N) is 7. The molecule has 5 rings (SSSR count). The van der Waals surface area contributed by atoms with E-state index >= 15 is 0 Å². The molecule has 0 aromatic carbocycles. The molecule has 0 aliphatic heterocycles. The van der Waals surface area contributed by atoms with Gasteiger partial charge in [-0.25, -0.2) is 0 Å². The van der Waals surface area contributed by atoms with Gasteiger partial charge >= 0.3 is 5.82 Å². The van der Waals surface area contributed by atoms with Gasteiger partial charge < -0.3 is 14.7 Å². The quantitative estimate of drug-likeness (QED) is 0.331. The SMILES string of the molecule is Cn1cnc([N+](=O)[O-])c1Sc1nnc2n(CC3CC3)c(=O)c3sc(C(C)(C)C)cc3n12. The van der Waals surface area contributed by atoms with Gasteiger partial charge in [-0.2, -0.15) is 0 Å². The molecule has 0 amide bonds. The Morgan fingerprint density at radius 2 is 2.06 bits per heavy atom. The van der Waals surface area contributed by atoms with E-state index in [0.717, 1.165) is 35.0 Å². The van der Waals surface area contributed by atoms with Crippen LogP contribution >= 0.6 is 23.1 Å². The molecule has 4 aromatic rings. The Kier molecular flexibility index (Phi) is 4.49. The average molecular weight is 460 g/mol. The first-order chi connectivity index (χ1) is 14.6. The minimum atomic E-state index is -0.507. The molecular weight excluding hydrogens is 438 g/mol. The van der Waals surface area contributed by atoms with Crippen LogP contribution in [0.1, 0.15) is 38.5 Å². The molecule has 0 atom stereocenters. The van der Waals surface area contributed by atoms with Crippen LogP contribution in [0.3, 0.4) is 0 Å². The Morgan fingerprint density at radius 1 is 1.32 bits per heavy atom. The van der Waals surface area contributed by atoms with Crippen LogP contribution in [-0.2, 0) is 19.0 Å². The third-order valence-electron chi connectivity index (χ3n) is 5.35. The number of aryl methyl sites for hydroxylation is 1. The maximum Gasteiger partial charge on any atom is 0.396 e. The van der Waals surface area contributed by atoms with E-state index in [-0.39, 0.29) is 16.8 Å². The number of hydrogen-bond acceptors (Lipinski definition) is 8. The van der Waals surface area contributed by atoms with E-state index < -0.39 is 4.92 Å². The third-order valence-corrected chi connectivity index (χ3v) is 8.00. The summed E-state index contributed by atoms with van der Waals surface area (Å²) in [6, 6.07) is 2.01. The first-order valence-electron chi connectivity index (χ1n) is 9.90. The highest BCUT2D eigenvalue weighted by Crippen LogP contribution is 2.38. The van der Waals surface area contributed by atoms with Gasteiger partial charge in [0.25, 0.3) is 5.56 Å². The van der Waals surface area contributed by atoms with E-state index in [4.69, 9.17) is 0 Å². The van der Waals surface area contributed by atoms with Gasteiger partial charge in [-0.05, 0) is 51.9 Å². The van der Waals surface area contributed by atoms with E-state index in [1.54, 1.807) is 16.2 Å². The molecule has 1 aliphatic carbocycles. The third kappa shape index (κ3) is 3.33. The zero-order valence-electron chi connectivity index (χ0n) is 17.5. The molecule has 10 nitrogen and oxygen atoms in total. The maximum atomic E-state index is 13.4. The Morgan fingerprint density at radius 3 is 2.71 bits per heavy atom. The molecule has 4 aromatic heterocycles. The fourth-order valence-corrected chi connectivity index (χ4v) is 5.54. The van der Waals surface area contributed by atoms with Crippen molar-refractivity contribution in [3.8, 4) is 0 Å². The van der Waals surface area contributed by atoms with E-state index in [0.29, 0.717) is 33.1 Å². The molecule has 0 radical (unpaired) electrons. The van der Waals surface area contributed by atoms with Crippen molar-refractivity contribution < 1.29 is 4.92 Å². The number of imidazole rings is 1. The molecular formula is C19H21N7O3S2. The summed E-state index contributed by atoms with van der Waals surface area (Å²) in [5.41, 5.74) is 0.566. The van der Waals surface area contributed by atoms with Crippen LogP contribution in [-0.4, -0.2) is 33.6 Å². The van der Waals surface area contributed by atoms with Crippen LogP contribution < -0.4 is 5.56 Å². The highest BCUT2D eigenvalue weighted by molar-refractivity contribution is 7.99. The van der Waals surface area contributed by atoms with E-state index in [2.05, 4.69) is 36.0 Å². The van der Waals surface area contributed by atoms with Crippen molar-refractivity contribution in [2.75, 3.05) is 0 Å². The van der Waals surface area contributed by atoms with Crippen molar-refractivity contribution in [3.63, 3.8) is 0 Å². The Balaban J connectivity index is 1.77. The molecule has 1 fully saturated rings. The fraction of sp³-hybridized carbons (Fsp3) is 0.474. The molecule has 0 bridgehead atoms. The smallest absolute Gasteiger partial charge is 0.358 e. The molecule has 31 heavy (non-hydrogen) atoms. The average Bonchev–Trinajstić information content (AvgIpc) is 3.09. The first-order valence-corrected chi connectivity index (χ1v) is 11.5. The first kappa shape index (κ1) is 20.2. The molecule has 1 saturated carbocycles. The molecule has 4 heterocycles. The standard InChI is InChI=1S/C19H21N7O3S2/c1-19(2,3)12-7-11-13(30-12)15(27)24(8-10-5-6-10)17-21-22-18(25(11)17)31-16-14(26(28)29)20-9-23(16)4/h7,9-10H,5-6,8H2,1-4H3. The summed E-state index contributed by atoms with van der Waals surface area (Å²) >= 11 is 2.62. The van der Waals surface area contributed by atoms with Crippen LogP contribution in [0.4, 0.5) is 5.82 Å². The summed E-state index contributed by atoms with van der Waals surface area (Å²) in [7, 11) is 1.70. The minimum absolute atomic E-state index is 0.0506. The highest BCUT2D eigenvalue weighted by Gasteiger charge is 2.29. The molecule has 162 valence electrons. The molecule has 0 N–H and O–H groups in total. The van der Waals surface area contributed by atoms with Crippen molar-refractivity contribution in [2.24, 2.45) is 13.0 Å². The molecule has 1 aliphatic rings. The Hall–Kier alpha value is -2.73. The second-order valence-corrected chi connectivity index (χ2v) is 10.9. The van der Waals surface area contributed by atoms with E-state index in [9.17, 15) is 14.9 Å². The van der Waals surface area contributed by atoms with Gasteiger partial charge in [0.05, 0.1) is 5.52 Å². The van der Waals surface area contributed by atoms with Gasteiger partial charge in [-0.3, -0.25) is 13.8 Å². The van der Waals surface area contributed by atoms with Gasteiger partial charge in [-0.1, -0.05) is 20.8 Å². The lowest BCUT2D eigenvalue weighted by molar-refractivity contribution is -0.392. The summed E-state index contributed by atoms with van der Waals surface area (Å²) < 4.78 is 5.80. The summed E-state index contributed by atoms with van der Waals surface area (Å²) in [6.07, 6.45) is 3.61. The normalized spacial score (nSPS) is 14.7. The maximum absolute atomic E-state index is 13.4. The molecule has 0 saturated heterocycles. The predicted molar refractivity (Wildman–Crippen MR) is 118 cm³/mol. The van der Waals surface area contributed by atoms with Gasteiger partial charge in [0.15, 0.2) is 5.03 Å². The van der Waals surface area contributed by atoms with Crippen molar-refractivity contribution >= 4 is 44.9 Å². The van der Waals surface area contributed by atoms with E-state index in [1.807, 2.05) is 10.5 Å². The summed E-state index contributed by atoms with van der Waals surface area (Å²) in [6.45, 7) is 6.94. The van der Waals surface area contributed by atoms with Crippen molar-refractivity contribution in [3.05, 3.63) is 37.7 Å². The minimum Gasteiger partial charge on any atom is -0.358 e. The largest absolute Gasteiger partial charge is 0.396 e. The Bertz CT molecular complexity index is 1400. The van der Waals surface area contributed by atoms with Crippen molar-refractivity contribution in [2.45, 2.75) is 55.8 Å². The van der Waals surface area contributed by atoms with Crippen LogP contribution in [0.2, 0.25) is 0 Å². The fourth-order valence-electron chi connectivity index (χ4n) is 3.46. The van der Waals surface area contributed by atoms with Crippen LogP contribution in [0.15, 0.2) is 27.4 Å². The van der Waals surface area contributed by atoms with Gasteiger partial charge in [-0.15, -0.1) is 21.5 Å². The number of rotatable bonds is 5. The van der Waals surface area contributed by atoms with Crippen LogP contribution in [0, 0.1) is 16.0 Å². The van der Waals surface area contributed by atoms with Crippen molar-refractivity contribution in [1.82, 2.24) is 28.7 Å².